The maximum atomic E-state index is 12.1. The Morgan fingerprint density at radius 2 is 1.54 bits per heavy atom. The fourth-order valence-corrected chi connectivity index (χ4v) is 6.25. The summed E-state index contributed by atoms with van der Waals surface area (Å²) < 4.78 is 39.4. The summed E-state index contributed by atoms with van der Waals surface area (Å²) in [6.07, 6.45) is -4.82. The van der Waals surface area contributed by atoms with E-state index in [2.05, 4.69) is 5.32 Å². The van der Waals surface area contributed by atoms with Crippen LogP contribution in [0.2, 0.25) is 0 Å². The van der Waals surface area contributed by atoms with Gasteiger partial charge in [-0.1, -0.05) is 0 Å². The first-order valence-corrected chi connectivity index (χ1v) is 12.2. The van der Waals surface area contributed by atoms with Gasteiger partial charge >= 0.3 is 17.9 Å². The molecule has 2 bridgehead atoms. The maximum absolute atomic E-state index is 12.1. The number of thioether (sulfide) groups is 1. The van der Waals surface area contributed by atoms with Crippen molar-refractivity contribution in [3.05, 3.63) is 0 Å². The van der Waals surface area contributed by atoms with Crippen LogP contribution in [0.3, 0.4) is 0 Å². The molecule has 3 aliphatic heterocycles. The molecule has 0 aromatic carbocycles. The molecule has 4 unspecified atom stereocenters. The number of carbonyl (C=O) groups is 4. The van der Waals surface area contributed by atoms with Crippen molar-refractivity contribution in [2.45, 2.75) is 94.1 Å². The average molecular weight is 520 g/mol. The van der Waals surface area contributed by atoms with Gasteiger partial charge in [0.1, 0.15) is 11.5 Å². The second-order valence-electron chi connectivity index (χ2n) is 8.84. The standard InChI is InChI=1S/C22H33NO11S/c1-10-17(31-12(3)25)18(32-13(4)26)19(33-14(5)27)20(30-10)35-22(9-23-11(2)24)7-15(28-6)16-8-29-21(22)34-16/h10,15-21H,7-9H2,1-6H3,(H,23,24)/t10?,15-,16?,17+,18?,19?,20-,21+,22-/m0/s1. The van der Waals surface area contributed by atoms with Crippen molar-refractivity contribution in [1.29, 1.82) is 0 Å². The monoisotopic (exact) mass is 519 g/mol. The van der Waals surface area contributed by atoms with Gasteiger partial charge in [-0.05, 0) is 13.3 Å². The van der Waals surface area contributed by atoms with Crippen LogP contribution >= 0.6 is 11.8 Å². The van der Waals surface area contributed by atoms with Crippen molar-refractivity contribution < 1.29 is 52.3 Å². The second kappa shape index (κ2) is 11.4. The van der Waals surface area contributed by atoms with E-state index in [1.165, 1.54) is 39.5 Å². The van der Waals surface area contributed by atoms with Crippen molar-refractivity contribution in [1.82, 2.24) is 5.32 Å². The number of carbonyl (C=O) groups excluding carboxylic acids is 4. The predicted octanol–water partition coefficient (Wildman–Crippen LogP) is 0.295. The number of nitrogens with one attached hydrogen (secondary N) is 1. The van der Waals surface area contributed by atoms with E-state index in [1.54, 1.807) is 14.0 Å². The maximum Gasteiger partial charge on any atom is 0.303 e. The molecular formula is C22H33NO11S. The number of fused-ring (bicyclic) bond motifs is 2. The van der Waals surface area contributed by atoms with E-state index in [1.807, 2.05) is 0 Å². The molecule has 0 saturated carbocycles. The molecule has 0 spiro atoms. The summed E-state index contributed by atoms with van der Waals surface area (Å²) in [5, 5.41) is 2.82. The zero-order chi connectivity index (χ0) is 25.9. The Balaban J connectivity index is 1.97. The third kappa shape index (κ3) is 6.45. The third-order valence-electron chi connectivity index (χ3n) is 6.02. The smallest absolute Gasteiger partial charge is 0.303 e. The molecule has 0 aromatic heterocycles. The van der Waals surface area contributed by atoms with Gasteiger partial charge in [-0.3, -0.25) is 19.2 Å². The summed E-state index contributed by atoms with van der Waals surface area (Å²) in [5.41, 5.74) is -0.888. The van der Waals surface area contributed by atoms with Crippen LogP contribution in [0, 0.1) is 0 Å². The molecule has 12 nitrogen and oxygen atoms in total. The molecule has 13 heteroatoms. The Hall–Kier alpha value is -1.93. The molecule has 3 saturated heterocycles. The number of hydrogen-bond donors (Lipinski definition) is 1. The van der Waals surface area contributed by atoms with Gasteiger partial charge in [-0.2, -0.15) is 0 Å². The molecule has 0 radical (unpaired) electrons. The quantitative estimate of drug-likeness (QED) is 0.348. The summed E-state index contributed by atoms with van der Waals surface area (Å²) in [7, 11) is 1.57. The SMILES string of the molecule is CO[C@H]1C[C@@](CNC(C)=O)(S[C@@H]2OC(C)[C@@H](OC(C)=O)C(OC(C)=O)C2OC(C)=O)[C@@H]2OCC1O2. The van der Waals surface area contributed by atoms with Gasteiger partial charge in [0.15, 0.2) is 24.6 Å². The van der Waals surface area contributed by atoms with Crippen LogP contribution in [-0.2, 0) is 52.3 Å². The van der Waals surface area contributed by atoms with E-state index in [4.69, 9.17) is 33.2 Å². The summed E-state index contributed by atoms with van der Waals surface area (Å²) in [6.45, 7) is 7.19. The van der Waals surface area contributed by atoms with Crippen LogP contribution in [0.25, 0.3) is 0 Å². The first kappa shape index (κ1) is 27.7. The fourth-order valence-electron chi connectivity index (χ4n) is 4.56. The first-order valence-electron chi connectivity index (χ1n) is 11.3. The summed E-state index contributed by atoms with van der Waals surface area (Å²) >= 11 is 1.24. The molecule has 9 atom stereocenters. The number of ether oxygens (including phenoxy) is 7. The lowest BCUT2D eigenvalue weighted by molar-refractivity contribution is -0.229. The number of rotatable bonds is 8. The van der Waals surface area contributed by atoms with Crippen LogP contribution in [-0.4, -0.2) is 97.2 Å². The summed E-state index contributed by atoms with van der Waals surface area (Å²) in [5.74, 6) is -2.13. The minimum absolute atomic E-state index is 0.150. The van der Waals surface area contributed by atoms with Gasteiger partial charge in [0, 0.05) is 41.3 Å². The van der Waals surface area contributed by atoms with E-state index < -0.39 is 58.8 Å². The predicted molar refractivity (Wildman–Crippen MR) is 120 cm³/mol. The van der Waals surface area contributed by atoms with E-state index in [-0.39, 0.29) is 24.7 Å². The van der Waals surface area contributed by atoms with Crippen molar-refractivity contribution in [3.63, 3.8) is 0 Å². The highest BCUT2D eigenvalue weighted by atomic mass is 32.2. The fraction of sp³-hybridized carbons (Fsp3) is 0.818. The normalized spacial score (nSPS) is 38.3. The molecule has 3 rings (SSSR count). The van der Waals surface area contributed by atoms with Gasteiger partial charge in [-0.25, -0.2) is 0 Å². The highest BCUT2D eigenvalue weighted by Crippen LogP contribution is 2.49. The van der Waals surface area contributed by atoms with Crippen molar-refractivity contribution in [2.24, 2.45) is 0 Å². The minimum atomic E-state index is -1.13. The first-order chi connectivity index (χ1) is 16.5. The Labute approximate surface area is 207 Å². The zero-order valence-electron chi connectivity index (χ0n) is 20.6. The number of esters is 3. The second-order valence-corrected chi connectivity index (χ2v) is 10.4. The van der Waals surface area contributed by atoms with Crippen molar-refractivity contribution in [2.75, 3.05) is 20.3 Å². The highest BCUT2D eigenvalue weighted by molar-refractivity contribution is 8.01. The van der Waals surface area contributed by atoms with Crippen LogP contribution in [0.15, 0.2) is 0 Å². The van der Waals surface area contributed by atoms with Gasteiger partial charge in [-0.15, -0.1) is 11.8 Å². The number of methoxy groups -OCH3 is 1. The summed E-state index contributed by atoms with van der Waals surface area (Å²) in [4.78, 5) is 47.6. The van der Waals surface area contributed by atoms with Gasteiger partial charge < -0.3 is 38.5 Å². The Morgan fingerprint density at radius 3 is 2.11 bits per heavy atom. The van der Waals surface area contributed by atoms with Gasteiger partial charge in [0.25, 0.3) is 0 Å². The molecule has 198 valence electrons. The zero-order valence-corrected chi connectivity index (χ0v) is 21.5. The molecule has 3 aliphatic rings. The van der Waals surface area contributed by atoms with Gasteiger partial charge in [0.2, 0.25) is 5.91 Å². The van der Waals surface area contributed by atoms with E-state index in [9.17, 15) is 19.2 Å². The molecule has 0 aliphatic carbocycles. The summed E-state index contributed by atoms with van der Waals surface area (Å²) in [6, 6.07) is 0. The molecule has 35 heavy (non-hydrogen) atoms. The Kier molecular flexibility index (Phi) is 9.02. The van der Waals surface area contributed by atoms with Crippen molar-refractivity contribution >= 4 is 35.6 Å². The average Bonchev–Trinajstić information content (AvgIpc) is 3.20. The molecule has 1 N–H and O–H groups in total. The topological polar surface area (TPSA) is 145 Å². The number of amides is 1. The Bertz CT molecular complexity index is 825. The van der Waals surface area contributed by atoms with Crippen LogP contribution in [0.5, 0.6) is 0 Å². The lowest BCUT2D eigenvalue weighted by atomic mass is 9.94. The highest BCUT2D eigenvalue weighted by Gasteiger charge is 2.59. The Morgan fingerprint density at radius 1 is 0.943 bits per heavy atom. The van der Waals surface area contributed by atoms with E-state index in [0.29, 0.717) is 13.0 Å². The molecule has 3 fully saturated rings. The van der Waals surface area contributed by atoms with Crippen LogP contribution in [0.1, 0.15) is 41.0 Å². The van der Waals surface area contributed by atoms with E-state index >= 15 is 0 Å². The van der Waals surface area contributed by atoms with Crippen LogP contribution in [0.4, 0.5) is 0 Å². The van der Waals surface area contributed by atoms with Gasteiger partial charge in [0.05, 0.1) is 23.6 Å². The largest absolute Gasteiger partial charge is 0.456 e. The molecule has 3 heterocycles. The number of hydrogen-bond acceptors (Lipinski definition) is 12. The minimum Gasteiger partial charge on any atom is -0.456 e. The third-order valence-corrected chi connectivity index (χ3v) is 7.61. The van der Waals surface area contributed by atoms with Crippen molar-refractivity contribution in [3.8, 4) is 0 Å². The molecule has 1 amide bonds. The molecule has 0 aromatic rings. The van der Waals surface area contributed by atoms with Crippen LogP contribution < -0.4 is 5.32 Å². The lowest BCUT2D eigenvalue weighted by Crippen LogP contribution is -2.62. The van der Waals surface area contributed by atoms with E-state index in [0.717, 1.165) is 0 Å². The molecular weight excluding hydrogens is 486 g/mol. The lowest BCUT2D eigenvalue weighted by Gasteiger charge is -2.49.